The smallest absolute Gasteiger partial charge is 0.410 e. The van der Waals surface area contributed by atoms with Gasteiger partial charge in [-0.25, -0.2) is 15.6 Å². The molecule has 0 spiro atoms. The van der Waals surface area contributed by atoms with Crippen molar-refractivity contribution in [3.05, 3.63) is 33.8 Å². The van der Waals surface area contributed by atoms with Crippen molar-refractivity contribution in [2.24, 2.45) is 17.8 Å². The summed E-state index contributed by atoms with van der Waals surface area (Å²) >= 11 is 12.0. The van der Waals surface area contributed by atoms with Crippen molar-refractivity contribution in [2.45, 2.75) is 38.0 Å². The van der Waals surface area contributed by atoms with E-state index in [9.17, 15) is 9.59 Å². The second-order valence-corrected chi connectivity index (χ2v) is 10.0. The van der Waals surface area contributed by atoms with Gasteiger partial charge in [0.2, 0.25) is 5.91 Å². The molecular weight excluding hydrogens is 441 g/mol. The van der Waals surface area contributed by atoms with Crippen LogP contribution in [0.5, 0.6) is 0 Å². The van der Waals surface area contributed by atoms with Crippen molar-refractivity contribution in [2.75, 3.05) is 26.2 Å². The number of carbonyl (C=O) groups excluding carboxylic acids is 2. The topological polar surface area (TPSA) is 85.9 Å². The van der Waals surface area contributed by atoms with Gasteiger partial charge in [-0.2, -0.15) is 5.53 Å². The number of hydrazine groups is 2. The third kappa shape index (κ3) is 4.50. The third-order valence-electron chi connectivity index (χ3n) is 7.06. The number of nitrogens with one attached hydrogen (secondary N) is 3. The Kier molecular flexibility index (Phi) is 6.00. The maximum atomic E-state index is 13.1. The van der Waals surface area contributed by atoms with Crippen molar-refractivity contribution < 1.29 is 14.3 Å². The van der Waals surface area contributed by atoms with Crippen LogP contribution in [0.1, 0.15) is 24.8 Å². The molecule has 1 aromatic carbocycles. The number of hydrogen-bond donors (Lipinski definition) is 3. The number of nitrogens with zero attached hydrogens (tertiary/aromatic N) is 2. The number of fused-ring (bicyclic) bond motifs is 2. The fourth-order valence-corrected chi connectivity index (χ4v) is 6.04. The van der Waals surface area contributed by atoms with E-state index in [0.717, 1.165) is 37.9 Å². The summed E-state index contributed by atoms with van der Waals surface area (Å²) in [4.78, 5) is 29.4. The molecule has 0 radical (unpaired) electrons. The number of rotatable bonds is 3. The largest absolute Gasteiger partial charge is 0.445 e. The minimum Gasteiger partial charge on any atom is -0.445 e. The lowest BCUT2D eigenvalue weighted by Crippen LogP contribution is -2.45. The number of ether oxygens (including phenoxy) is 1. The Balaban J connectivity index is 1.10. The van der Waals surface area contributed by atoms with Crippen molar-refractivity contribution in [3.63, 3.8) is 0 Å². The molecule has 0 aromatic heterocycles. The highest BCUT2D eigenvalue weighted by Crippen LogP contribution is 2.35. The normalized spacial score (nSPS) is 32.1. The van der Waals surface area contributed by atoms with E-state index < -0.39 is 0 Å². The highest BCUT2D eigenvalue weighted by molar-refractivity contribution is 6.34. The van der Waals surface area contributed by atoms with Crippen LogP contribution in [0.2, 0.25) is 10.0 Å². The lowest BCUT2D eigenvalue weighted by atomic mass is 9.82. The number of amides is 2. The molecule has 3 aliphatic heterocycles. The molecule has 8 nitrogen and oxygen atoms in total. The van der Waals surface area contributed by atoms with E-state index in [1.54, 1.807) is 23.1 Å². The molecule has 1 aliphatic carbocycles. The Morgan fingerprint density at radius 2 is 1.58 bits per heavy atom. The number of likely N-dealkylation sites (tertiary alicyclic amines) is 2. The Hall–Kier alpha value is -1.58. The van der Waals surface area contributed by atoms with Gasteiger partial charge in [0.15, 0.2) is 0 Å². The van der Waals surface area contributed by atoms with Crippen LogP contribution < -0.4 is 16.4 Å². The molecule has 5 atom stereocenters. The molecule has 3 heterocycles. The van der Waals surface area contributed by atoms with Crippen molar-refractivity contribution in [3.8, 4) is 0 Å². The highest BCUT2D eigenvalue weighted by Gasteiger charge is 2.46. The average Bonchev–Trinajstić information content (AvgIpc) is 3.44. The Morgan fingerprint density at radius 3 is 2.29 bits per heavy atom. The van der Waals surface area contributed by atoms with E-state index in [0.29, 0.717) is 47.1 Å². The molecular formula is C21H27Cl2N5O3. The summed E-state index contributed by atoms with van der Waals surface area (Å²) in [5, 5.41) is 1.03. The zero-order valence-electron chi connectivity index (χ0n) is 17.2. The SMILES string of the molecule is O=C(OCc1cc(Cl)cc(Cl)c1)N1C[C@@H]2CN(C(=O)C3CCC4NNNC4C3)C[C@H]2C1. The first-order chi connectivity index (χ1) is 15.0. The Morgan fingerprint density at radius 1 is 0.935 bits per heavy atom. The first-order valence-corrected chi connectivity index (χ1v) is 11.6. The average molecular weight is 468 g/mol. The minimum absolute atomic E-state index is 0.0832. The summed E-state index contributed by atoms with van der Waals surface area (Å²) in [5.74, 6) is 0.996. The molecule has 4 fully saturated rings. The molecule has 168 valence electrons. The number of halogens is 2. The van der Waals surface area contributed by atoms with Gasteiger partial charge in [-0.3, -0.25) is 4.79 Å². The van der Waals surface area contributed by atoms with Crippen LogP contribution >= 0.6 is 23.2 Å². The number of hydrogen-bond acceptors (Lipinski definition) is 6. The highest BCUT2D eigenvalue weighted by atomic mass is 35.5. The molecule has 3 saturated heterocycles. The maximum Gasteiger partial charge on any atom is 0.410 e. The summed E-state index contributed by atoms with van der Waals surface area (Å²) in [5.41, 5.74) is 10.2. The maximum absolute atomic E-state index is 13.1. The summed E-state index contributed by atoms with van der Waals surface area (Å²) < 4.78 is 5.47. The zero-order valence-corrected chi connectivity index (χ0v) is 18.7. The zero-order chi connectivity index (χ0) is 21.5. The molecule has 2 amide bonds. The van der Waals surface area contributed by atoms with Crippen LogP contribution in [0.3, 0.4) is 0 Å². The van der Waals surface area contributed by atoms with Gasteiger partial charge in [-0.1, -0.05) is 23.2 Å². The predicted octanol–water partition coefficient (Wildman–Crippen LogP) is 2.17. The lowest BCUT2D eigenvalue weighted by Gasteiger charge is -2.32. The molecule has 1 aromatic rings. The number of benzene rings is 1. The van der Waals surface area contributed by atoms with Gasteiger partial charge in [-0.15, -0.1) is 0 Å². The van der Waals surface area contributed by atoms with Crippen LogP contribution in [-0.4, -0.2) is 60.1 Å². The Labute approximate surface area is 191 Å². The first kappa shape index (κ1) is 21.3. The summed E-state index contributed by atoms with van der Waals surface area (Å²) in [6.45, 7) is 2.86. The first-order valence-electron chi connectivity index (χ1n) is 10.9. The molecule has 31 heavy (non-hydrogen) atoms. The van der Waals surface area contributed by atoms with Crippen LogP contribution in [0.15, 0.2) is 18.2 Å². The van der Waals surface area contributed by atoms with Crippen LogP contribution in [0.25, 0.3) is 0 Å². The van der Waals surface area contributed by atoms with E-state index in [2.05, 4.69) is 16.4 Å². The minimum atomic E-state index is -0.325. The molecule has 5 rings (SSSR count). The van der Waals surface area contributed by atoms with Crippen LogP contribution in [-0.2, 0) is 16.1 Å². The van der Waals surface area contributed by atoms with Gasteiger partial charge >= 0.3 is 6.09 Å². The van der Waals surface area contributed by atoms with E-state index in [-0.39, 0.29) is 24.5 Å². The van der Waals surface area contributed by atoms with E-state index >= 15 is 0 Å². The fraction of sp³-hybridized carbons (Fsp3) is 0.619. The van der Waals surface area contributed by atoms with Crippen LogP contribution in [0.4, 0.5) is 4.79 Å². The lowest BCUT2D eigenvalue weighted by molar-refractivity contribution is -0.136. The summed E-state index contributed by atoms with van der Waals surface area (Å²) in [6.07, 6.45) is 2.46. The van der Waals surface area contributed by atoms with Gasteiger partial charge in [0.25, 0.3) is 0 Å². The van der Waals surface area contributed by atoms with Crippen molar-refractivity contribution in [1.29, 1.82) is 0 Å². The summed E-state index contributed by atoms with van der Waals surface area (Å²) in [7, 11) is 0. The van der Waals surface area contributed by atoms with Gasteiger partial charge in [0.05, 0.1) is 0 Å². The van der Waals surface area contributed by atoms with Crippen molar-refractivity contribution in [1.82, 2.24) is 26.2 Å². The Bertz CT molecular complexity index is 837. The monoisotopic (exact) mass is 467 g/mol. The molecule has 1 saturated carbocycles. The van der Waals surface area contributed by atoms with Crippen LogP contribution in [0, 0.1) is 17.8 Å². The van der Waals surface area contributed by atoms with E-state index in [1.165, 1.54) is 0 Å². The standard InChI is InChI=1S/C21H27Cl2N5O3/c22-16-3-12(4-17(23)6-16)11-31-21(30)28-9-14-7-27(8-15(14)10-28)20(29)13-1-2-18-19(5-13)25-26-24-18/h3-4,6,13-15,18-19,24-26H,1-2,5,7-11H2/t13?,14-,15-,18?,19?/m0/s1. The molecule has 0 bridgehead atoms. The second-order valence-electron chi connectivity index (χ2n) is 9.14. The second kappa shape index (κ2) is 8.75. The fourth-order valence-electron chi connectivity index (χ4n) is 5.47. The third-order valence-corrected chi connectivity index (χ3v) is 7.49. The van der Waals surface area contributed by atoms with Gasteiger partial charge in [0, 0.05) is 66.1 Å². The summed E-state index contributed by atoms with van der Waals surface area (Å²) in [6, 6.07) is 5.84. The molecule has 3 N–H and O–H groups in total. The molecule has 10 heteroatoms. The van der Waals surface area contributed by atoms with Gasteiger partial charge in [-0.05, 0) is 43.0 Å². The van der Waals surface area contributed by atoms with Gasteiger partial charge in [0.1, 0.15) is 6.61 Å². The van der Waals surface area contributed by atoms with E-state index in [4.69, 9.17) is 27.9 Å². The molecule has 4 aliphatic rings. The molecule has 3 unspecified atom stereocenters. The predicted molar refractivity (Wildman–Crippen MR) is 116 cm³/mol. The quantitative estimate of drug-likeness (QED) is 0.631. The van der Waals surface area contributed by atoms with E-state index in [1.807, 2.05) is 4.90 Å². The van der Waals surface area contributed by atoms with Crippen molar-refractivity contribution >= 4 is 35.2 Å². The van der Waals surface area contributed by atoms with Gasteiger partial charge < -0.3 is 14.5 Å². The number of carbonyl (C=O) groups is 2.